The molecule has 4 heterocycles. The molecule has 4 aromatic rings. The number of benzene rings is 1. The van der Waals surface area contributed by atoms with Crippen LogP contribution in [0.2, 0.25) is 5.02 Å². The summed E-state index contributed by atoms with van der Waals surface area (Å²) in [5.41, 5.74) is 3.22. The molecule has 0 unspecified atom stereocenters. The summed E-state index contributed by atoms with van der Waals surface area (Å²) < 4.78 is 7.08. The van der Waals surface area contributed by atoms with Crippen LogP contribution < -0.4 is 5.32 Å². The van der Waals surface area contributed by atoms with Crippen molar-refractivity contribution in [2.45, 2.75) is 19.5 Å². The van der Waals surface area contributed by atoms with Crippen LogP contribution in [0.3, 0.4) is 0 Å². The fourth-order valence-electron chi connectivity index (χ4n) is 3.89. The summed E-state index contributed by atoms with van der Waals surface area (Å²) in [7, 11) is 1.82. The molecule has 0 saturated carbocycles. The van der Waals surface area contributed by atoms with Crippen LogP contribution in [-0.2, 0) is 26.6 Å². The number of hydrogen-bond acceptors (Lipinski definition) is 6. The molecule has 0 spiro atoms. The number of thiophene rings is 1. The van der Waals surface area contributed by atoms with Crippen LogP contribution in [0.1, 0.15) is 37.8 Å². The van der Waals surface area contributed by atoms with Gasteiger partial charge in [-0.3, -0.25) is 14.3 Å². The summed E-state index contributed by atoms with van der Waals surface area (Å²) in [6.07, 6.45) is 0.602. The number of nitrogens with one attached hydrogen (secondary N) is 1. The summed E-state index contributed by atoms with van der Waals surface area (Å²) in [5.74, 6) is 0.0517. The maximum Gasteiger partial charge on any atom is 0.276 e. The van der Waals surface area contributed by atoms with Gasteiger partial charge in [0, 0.05) is 48.9 Å². The third-order valence-electron chi connectivity index (χ3n) is 5.60. The molecule has 0 fully saturated rings. The number of carbonyl (C=O) groups is 2. The highest BCUT2D eigenvalue weighted by molar-refractivity contribution is 7.13. The maximum atomic E-state index is 13.1. The molecule has 33 heavy (non-hydrogen) atoms. The third kappa shape index (κ3) is 4.29. The van der Waals surface area contributed by atoms with E-state index in [0.717, 1.165) is 21.7 Å². The van der Waals surface area contributed by atoms with Crippen molar-refractivity contribution in [3.63, 3.8) is 0 Å². The number of amides is 2. The average molecular weight is 482 g/mol. The second-order valence-electron chi connectivity index (χ2n) is 7.74. The highest BCUT2D eigenvalue weighted by Crippen LogP contribution is 2.27. The first-order valence-electron chi connectivity index (χ1n) is 10.4. The van der Waals surface area contributed by atoms with Crippen LogP contribution in [0, 0.1) is 0 Å². The number of nitrogens with zero attached hydrogens (tertiary/aromatic N) is 4. The SMILES string of the molecule is Cn1nc(C(=O)NCc2ccc(Cl)cc2)c2c1CCN(C(=O)c1cc(-c3cccs3)on1)C2. The maximum absolute atomic E-state index is 13.1. The van der Waals surface area contributed by atoms with Crippen molar-refractivity contribution < 1.29 is 14.1 Å². The van der Waals surface area contributed by atoms with Crippen molar-refractivity contribution in [2.75, 3.05) is 6.54 Å². The Balaban J connectivity index is 1.31. The molecule has 2 amide bonds. The van der Waals surface area contributed by atoms with Crippen molar-refractivity contribution in [3.05, 3.63) is 81.1 Å². The molecule has 8 nitrogen and oxygen atoms in total. The molecule has 10 heteroatoms. The molecule has 1 aliphatic rings. The van der Waals surface area contributed by atoms with E-state index >= 15 is 0 Å². The predicted octanol–water partition coefficient (Wildman–Crippen LogP) is 3.92. The quantitative estimate of drug-likeness (QED) is 0.466. The Morgan fingerprint density at radius 1 is 1.24 bits per heavy atom. The summed E-state index contributed by atoms with van der Waals surface area (Å²) in [6, 6.07) is 12.8. The smallest absolute Gasteiger partial charge is 0.276 e. The van der Waals surface area contributed by atoms with Gasteiger partial charge in [-0.15, -0.1) is 11.3 Å². The first kappa shape index (κ1) is 21.4. The zero-order valence-corrected chi connectivity index (χ0v) is 19.3. The van der Waals surface area contributed by atoms with E-state index in [4.69, 9.17) is 16.1 Å². The molecular formula is C23H20ClN5O3S. The minimum absolute atomic E-state index is 0.233. The van der Waals surface area contributed by atoms with E-state index in [-0.39, 0.29) is 24.1 Å². The van der Waals surface area contributed by atoms with Gasteiger partial charge in [-0.05, 0) is 29.1 Å². The Morgan fingerprint density at radius 2 is 2.06 bits per heavy atom. The van der Waals surface area contributed by atoms with Crippen molar-refractivity contribution in [3.8, 4) is 10.6 Å². The largest absolute Gasteiger partial charge is 0.355 e. The van der Waals surface area contributed by atoms with Gasteiger partial charge < -0.3 is 14.7 Å². The van der Waals surface area contributed by atoms with Crippen LogP contribution in [0.4, 0.5) is 0 Å². The summed E-state index contributed by atoms with van der Waals surface area (Å²) in [6.45, 7) is 1.15. The Hall–Kier alpha value is -3.43. The normalized spacial score (nSPS) is 13.1. The molecule has 0 aliphatic carbocycles. The number of rotatable bonds is 5. The first-order valence-corrected chi connectivity index (χ1v) is 11.6. The second kappa shape index (κ2) is 8.84. The highest BCUT2D eigenvalue weighted by atomic mass is 35.5. The van der Waals surface area contributed by atoms with Crippen LogP contribution in [0.5, 0.6) is 0 Å². The van der Waals surface area contributed by atoms with E-state index in [9.17, 15) is 9.59 Å². The number of carbonyl (C=O) groups excluding carboxylic acids is 2. The lowest BCUT2D eigenvalue weighted by Gasteiger charge is -2.26. The van der Waals surface area contributed by atoms with E-state index in [0.29, 0.717) is 36.0 Å². The third-order valence-corrected chi connectivity index (χ3v) is 6.74. The monoisotopic (exact) mass is 481 g/mol. The van der Waals surface area contributed by atoms with Crippen molar-refractivity contribution in [1.29, 1.82) is 0 Å². The number of fused-ring (bicyclic) bond motifs is 1. The van der Waals surface area contributed by atoms with Gasteiger partial charge in [-0.2, -0.15) is 5.10 Å². The zero-order chi connectivity index (χ0) is 22.9. The van der Waals surface area contributed by atoms with E-state index in [1.54, 1.807) is 27.8 Å². The number of hydrogen-bond donors (Lipinski definition) is 1. The Labute approximate surface area is 198 Å². The molecule has 5 rings (SSSR count). The minimum Gasteiger partial charge on any atom is -0.355 e. The van der Waals surface area contributed by atoms with Gasteiger partial charge in [-0.1, -0.05) is 35.0 Å². The standard InChI is InChI=1S/C23H20ClN5O3S/c1-28-18-8-9-29(23(31)17-11-19(32-27-17)20-3-2-10-33-20)13-16(18)21(26-28)22(30)25-12-14-4-6-15(24)7-5-14/h2-7,10-11H,8-9,12-13H2,1H3,(H,25,30). The molecule has 3 aromatic heterocycles. The van der Waals surface area contributed by atoms with E-state index in [1.807, 2.05) is 36.7 Å². The Kier molecular flexibility index (Phi) is 5.74. The number of aromatic nitrogens is 3. The van der Waals surface area contributed by atoms with Gasteiger partial charge in [0.05, 0.1) is 11.4 Å². The molecule has 1 N–H and O–H groups in total. The van der Waals surface area contributed by atoms with E-state index in [1.165, 1.54) is 11.3 Å². The Morgan fingerprint density at radius 3 is 2.82 bits per heavy atom. The molecule has 1 aliphatic heterocycles. The van der Waals surface area contributed by atoms with Gasteiger partial charge in [0.1, 0.15) is 0 Å². The van der Waals surface area contributed by atoms with Gasteiger partial charge >= 0.3 is 0 Å². The number of aryl methyl sites for hydroxylation is 1. The molecule has 0 bridgehead atoms. The molecule has 0 radical (unpaired) electrons. The Bertz CT molecular complexity index is 1310. The summed E-state index contributed by atoms with van der Waals surface area (Å²) >= 11 is 7.44. The average Bonchev–Trinajstić information content (AvgIpc) is 3.58. The molecule has 1 aromatic carbocycles. The molecule has 0 saturated heterocycles. The number of halogens is 1. The molecular weight excluding hydrogens is 462 g/mol. The van der Waals surface area contributed by atoms with E-state index in [2.05, 4.69) is 15.6 Å². The van der Waals surface area contributed by atoms with Crippen molar-refractivity contribution in [2.24, 2.45) is 7.05 Å². The molecule has 168 valence electrons. The van der Waals surface area contributed by atoms with E-state index < -0.39 is 0 Å². The van der Waals surface area contributed by atoms with Crippen LogP contribution >= 0.6 is 22.9 Å². The first-order chi connectivity index (χ1) is 16.0. The lowest BCUT2D eigenvalue weighted by molar-refractivity contribution is 0.0720. The van der Waals surface area contributed by atoms with Crippen LogP contribution in [-0.4, -0.2) is 38.2 Å². The lowest BCUT2D eigenvalue weighted by atomic mass is 10.0. The topological polar surface area (TPSA) is 93.3 Å². The van der Waals surface area contributed by atoms with Gasteiger partial charge in [0.25, 0.3) is 11.8 Å². The fourth-order valence-corrected chi connectivity index (χ4v) is 4.69. The van der Waals surface area contributed by atoms with Gasteiger partial charge in [0.2, 0.25) is 0 Å². The summed E-state index contributed by atoms with van der Waals surface area (Å²) in [4.78, 5) is 28.6. The predicted molar refractivity (Wildman–Crippen MR) is 124 cm³/mol. The van der Waals surface area contributed by atoms with Gasteiger partial charge in [0.15, 0.2) is 17.1 Å². The zero-order valence-electron chi connectivity index (χ0n) is 17.7. The fraction of sp³-hybridized carbons (Fsp3) is 0.217. The van der Waals surface area contributed by atoms with Crippen LogP contribution in [0.25, 0.3) is 10.6 Å². The second-order valence-corrected chi connectivity index (χ2v) is 9.12. The lowest BCUT2D eigenvalue weighted by Crippen LogP contribution is -2.37. The van der Waals surface area contributed by atoms with Crippen molar-refractivity contribution in [1.82, 2.24) is 25.2 Å². The molecule has 0 atom stereocenters. The summed E-state index contributed by atoms with van der Waals surface area (Å²) in [5, 5.41) is 13.9. The van der Waals surface area contributed by atoms with Gasteiger partial charge in [-0.25, -0.2) is 0 Å². The van der Waals surface area contributed by atoms with Crippen LogP contribution in [0.15, 0.2) is 52.4 Å². The minimum atomic E-state index is -0.280. The highest BCUT2D eigenvalue weighted by Gasteiger charge is 2.31. The van der Waals surface area contributed by atoms with Crippen molar-refractivity contribution >= 4 is 34.8 Å².